The zero-order valence-electron chi connectivity index (χ0n) is 4.19. The average molecular weight is 246 g/mol. The summed E-state index contributed by atoms with van der Waals surface area (Å²) in [6, 6.07) is 0. The van der Waals surface area contributed by atoms with Crippen LogP contribution in [0.2, 0.25) is 0 Å². The molecule has 0 heterocycles. The zero-order valence-corrected chi connectivity index (χ0v) is 7.37. The van der Waals surface area contributed by atoms with Crippen LogP contribution in [0.5, 0.6) is 0 Å². The van der Waals surface area contributed by atoms with E-state index in [0.29, 0.717) is 11.9 Å². The lowest BCUT2D eigenvalue weighted by Gasteiger charge is -1.95. The number of esters is 1. The highest BCUT2D eigenvalue weighted by molar-refractivity contribution is 9.09. The van der Waals surface area contributed by atoms with Crippen molar-refractivity contribution in [2.45, 2.75) is 0 Å². The Labute approximate surface area is 64.8 Å². The van der Waals surface area contributed by atoms with Crippen LogP contribution in [-0.2, 0) is 9.53 Å². The van der Waals surface area contributed by atoms with Gasteiger partial charge < -0.3 is 4.74 Å². The molecule has 2 nitrogen and oxygen atoms in total. The largest absolute Gasteiger partial charge is 0.464 e. The van der Waals surface area contributed by atoms with Gasteiger partial charge in [-0.15, -0.1) is 0 Å². The summed E-state index contributed by atoms with van der Waals surface area (Å²) in [7, 11) is 0. The van der Waals surface area contributed by atoms with Crippen LogP contribution in [0.4, 0.5) is 0 Å². The standard InChI is InChI=1S/C4H6Br2O2/c5-1-2-8-4(7)3-6/h1-3H2. The van der Waals surface area contributed by atoms with Crippen LogP contribution in [0.25, 0.3) is 0 Å². The first-order valence-electron chi connectivity index (χ1n) is 2.08. The molecule has 4 heteroatoms. The van der Waals surface area contributed by atoms with Gasteiger partial charge >= 0.3 is 5.97 Å². The fraction of sp³-hybridized carbons (Fsp3) is 0.750. The molecule has 0 aliphatic rings. The summed E-state index contributed by atoms with van der Waals surface area (Å²) in [6.07, 6.45) is 0. The van der Waals surface area contributed by atoms with Gasteiger partial charge in [0.2, 0.25) is 0 Å². The van der Waals surface area contributed by atoms with E-state index >= 15 is 0 Å². The quantitative estimate of drug-likeness (QED) is 0.554. The van der Waals surface area contributed by atoms with Gasteiger partial charge in [0.05, 0.1) is 0 Å². The molecule has 0 spiro atoms. The van der Waals surface area contributed by atoms with Crippen molar-refractivity contribution in [3.05, 3.63) is 0 Å². The molecule has 0 N–H and O–H groups in total. The Kier molecular flexibility index (Phi) is 5.86. The van der Waals surface area contributed by atoms with Gasteiger partial charge in [0.15, 0.2) is 0 Å². The summed E-state index contributed by atoms with van der Waals surface area (Å²) in [6.45, 7) is 0.449. The van der Waals surface area contributed by atoms with E-state index in [1.807, 2.05) is 0 Å². The Hall–Kier alpha value is 0.430. The van der Waals surface area contributed by atoms with Crippen LogP contribution < -0.4 is 0 Å². The molecular formula is C4H6Br2O2. The maximum Gasteiger partial charge on any atom is 0.316 e. The van der Waals surface area contributed by atoms with Crippen LogP contribution in [0, 0.1) is 0 Å². The Morgan fingerprint density at radius 3 is 2.50 bits per heavy atom. The molecule has 0 fully saturated rings. The van der Waals surface area contributed by atoms with Crippen LogP contribution in [0.3, 0.4) is 0 Å². The molecule has 0 atom stereocenters. The van der Waals surface area contributed by atoms with Gasteiger partial charge in [-0.1, -0.05) is 31.9 Å². The van der Waals surface area contributed by atoms with E-state index in [2.05, 4.69) is 36.6 Å². The molecule has 8 heavy (non-hydrogen) atoms. The molecule has 0 aromatic rings. The molecule has 0 saturated heterocycles. The molecule has 0 aliphatic carbocycles. The second-order valence-electron chi connectivity index (χ2n) is 1.04. The third-order valence-electron chi connectivity index (χ3n) is 0.449. The van der Waals surface area contributed by atoms with Crippen molar-refractivity contribution in [2.75, 3.05) is 17.3 Å². The zero-order chi connectivity index (χ0) is 6.41. The average Bonchev–Trinajstić information content (AvgIpc) is 1.83. The fourth-order valence-corrected chi connectivity index (χ4v) is 0.515. The van der Waals surface area contributed by atoms with E-state index in [9.17, 15) is 4.79 Å². The number of alkyl halides is 2. The molecule has 0 rings (SSSR count). The molecule has 0 saturated carbocycles. The lowest BCUT2D eigenvalue weighted by Crippen LogP contribution is -2.06. The van der Waals surface area contributed by atoms with Crippen LogP contribution in [0.15, 0.2) is 0 Å². The number of halogens is 2. The second-order valence-corrected chi connectivity index (χ2v) is 2.40. The van der Waals surface area contributed by atoms with Gasteiger partial charge in [-0.25, -0.2) is 0 Å². The van der Waals surface area contributed by atoms with Gasteiger partial charge in [-0.05, 0) is 0 Å². The number of carbonyl (C=O) groups excluding carboxylic acids is 1. The SMILES string of the molecule is O=C(CBr)OCCBr. The number of hydrogen-bond acceptors (Lipinski definition) is 2. The topological polar surface area (TPSA) is 26.3 Å². The molecule has 0 bridgehead atoms. The summed E-state index contributed by atoms with van der Waals surface area (Å²) >= 11 is 6.07. The summed E-state index contributed by atoms with van der Waals surface area (Å²) in [5.41, 5.74) is 0. The maximum absolute atomic E-state index is 10.3. The summed E-state index contributed by atoms with van der Waals surface area (Å²) in [4.78, 5) is 10.3. The highest BCUT2D eigenvalue weighted by Crippen LogP contribution is 1.86. The second kappa shape index (κ2) is 5.56. The van der Waals surface area contributed by atoms with Crippen molar-refractivity contribution < 1.29 is 9.53 Å². The van der Waals surface area contributed by atoms with Crippen molar-refractivity contribution in [3.8, 4) is 0 Å². The number of ether oxygens (including phenoxy) is 1. The fourth-order valence-electron chi connectivity index (χ4n) is 0.191. The number of carbonyl (C=O) groups is 1. The monoisotopic (exact) mass is 244 g/mol. The molecule has 0 aliphatic heterocycles. The third-order valence-corrected chi connectivity index (χ3v) is 1.23. The van der Waals surface area contributed by atoms with Crippen LogP contribution in [-0.4, -0.2) is 23.2 Å². The van der Waals surface area contributed by atoms with Gasteiger partial charge in [0, 0.05) is 5.33 Å². The predicted octanol–water partition coefficient (Wildman–Crippen LogP) is 1.32. The number of rotatable bonds is 3. The summed E-state index contributed by atoms with van der Waals surface area (Å²) < 4.78 is 4.61. The highest BCUT2D eigenvalue weighted by Gasteiger charge is 1.95. The van der Waals surface area contributed by atoms with E-state index in [-0.39, 0.29) is 11.3 Å². The third kappa shape index (κ3) is 4.59. The minimum Gasteiger partial charge on any atom is -0.464 e. The molecule has 0 unspecified atom stereocenters. The van der Waals surface area contributed by atoms with Crippen molar-refractivity contribution in [3.63, 3.8) is 0 Å². The molecule has 48 valence electrons. The minimum absolute atomic E-state index is 0.218. The smallest absolute Gasteiger partial charge is 0.316 e. The van der Waals surface area contributed by atoms with Crippen molar-refractivity contribution in [2.24, 2.45) is 0 Å². The molecule has 0 aromatic carbocycles. The van der Waals surface area contributed by atoms with Gasteiger partial charge in [-0.2, -0.15) is 0 Å². The first-order valence-corrected chi connectivity index (χ1v) is 4.33. The maximum atomic E-state index is 10.3. The number of hydrogen-bond donors (Lipinski definition) is 0. The molecule has 0 amide bonds. The lowest BCUT2D eigenvalue weighted by atomic mass is 10.8. The Morgan fingerprint density at radius 2 is 2.12 bits per heavy atom. The first kappa shape index (κ1) is 8.43. The van der Waals surface area contributed by atoms with E-state index in [4.69, 9.17) is 0 Å². The van der Waals surface area contributed by atoms with Crippen LogP contribution in [0.1, 0.15) is 0 Å². The van der Waals surface area contributed by atoms with E-state index in [1.54, 1.807) is 0 Å². The van der Waals surface area contributed by atoms with Crippen LogP contribution >= 0.6 is 31.9 Å². The van der Waals surface area contributed by atoms with Crippen molar-refractivity contribution in [1.29, 1.82) is 0 Å². The van der Waals surface area contributed by atoms with Crippen molar-refractivity contribution in [1.82, 2.24) is 0 Å². The summed E-state index contributed by atoms with van der Waals surface area (Å²) in [5.74, 6) is -0.218. The van der Waals surface area contributed by atoms with E-state index < -0.39 is 0 Å². The Bertz CT molecular complexity index is 74.4. The first-order chi connectivity index (χ1) is 3.81. The molecule has 0 radical (unpaired) electrons. The van der Waals surface area contributed by atoms with Crippen molar-refractivity contribution >= 4 is 37.8 Å². The van der Waals surface area contributed by atoms with E-state index in [1.165, 1.54) is 0 Å². The Balaban J connectivity index is 2.99. The minimum atomic E-state index is -0.218. The van der Waals surface area contributed by atoms with Gasteiger partial charge in [0.1, 0.15) is 11.9 Å². The molecular weight excluding hydrogens is 240 g/mol. The highest BCUT2D eigenvalue weighted by atomic mass is 79.9. The predicted molar refractivity (Wildman–Crippen MR) is 38.5 cm³/mol. The molecule has 0 aromatic heterocycles. The Morgan fingerprint density at radius 1 is 1.50 bits per heavy atom. The lowest BCUT2D eigenvalue weighted by molar-refractivity contribution is -0.139. The van der Waals surface area contributed by atoms with E-state index in [0.717, 1.165) is 0 Å². The summed E-state index contributed by atoms with van der Waals surface area (Å²) in [5, 5.41) is 0.978. The van der Waals surface area contributed by atoms with Gasteiger partial charge in [-0.3, -0.25) is 4.79 Å². The normalized spacial score (nSPS) is 8.75. The van der Waals surface area contributed by atoms with Gasteiger partial charge in [0.25, 0.3) is 0 Å².